The molecule has 0 spiro atoms. The number of aromatic nitrogens is 3. The second-order valence-electron chi connectivity index (χ2n) is 12.0. The quantitative estimate of drug-likeness (QED) is 0.181. The third kappa shape index (κ3) is 4.90. The molecule has 0 N–H and O–H groups in total. The lowest BCUT2D eigenvalue weighted by atomic mass is 9.94. The lowest BCUT2D eigenvalue weighted by Gasteiger charge is -2.12. The molecule has 2 heterocycles. The molecule has 48 heavy (non-hydrogen) atoms. The zero-order chi connectivity index (χ0) is 32.0. The molecule has 0 radical (unpaired) electrons. The van der Waals surface area contributed by atoms with E-state index in [1.165, 1.54) is 33.0 Å². The minimum Gasteiger partial charge on any atom is -0.309 e. The zero-order valence-electron chi connectivity index (χ0n) is 25.9. The first-order chi connectivity index (χ1) is 23.7. The van der Waals surface area contributed by atoms with Crippen LogP contribution in [0.5, 0.6) is 0 Å². The standard InChI is InChI=1S/C44H28BrN3/c45-33-23-19-29(20-24-33)35-15-7-8-16-36(35)31-21-25-37-38-26-22-32(28-42(38)48(41(37)27-31)34-13-5-2-6-14-34)44-46-40-18-10-9-17-39(40)43(47-44)30-11-3-1-4-12-30/h1-28H. The van der Waals surface area contributed by atoms with Gasteiger partial charge in [0.2, 0.25) is 0 Å². The molecule has 0 amide bonds. The summed E-state index contributed by atoms with van der Waals surface area (Å²) in [5.74, 6) is 0.712. The first kappa shape index (κ1) is 28.4. The second kappa shape index (κ2) is 11.8. The summed E-state index contributed by atoms with van der Waals surface area (Å²) in [6.45, 7) is 0. The van der Waals surface area contributed by atoms with Crippen LogP contribution in [0.4, 0.5) is 0 Å². The highest BCUT2D eigenvalue weighted by atomic mass is 79.9. The van der Waals surface area contributed by atoms with Gasteiger partial charge in [-0.1, -0.05) is 143 Å². The largest absolute Gasteiger partial charge is 0.309 e. The summed E-state index contributed by atoms with van der Waals surface area (Å²) in [7, 11) is 0. The molecule has 9 rings (SSSR count). The number of hydrogen-bond donors (Lipinski definition) is 0. The summed E-state index contributed by atoms with van der Waals surface area (Å²) in [5, 5.41) is 3.44. The SMILES string of the molecule is Brc1ccc(-c2ccccc2-c2ccc3c4ccc(-c5nc(-c6ccccc6)c6ccccc6n5)cc4n(-c4ccccc4)c3c2)cc1. The van der Waals surface area contributed by atoms with E-state index in [1.807, 2.05) is 18.2 Å². The Hall–Kier alpha value is -5.84. The van der Waals surface area contributed by atoms with E-state index in [1.54, 1.807) is 0 Å². The Labute approximate surface area is 286 Å². The smallest absolute Gasteiger partial charge is 0.160 e. The summed E-state index contributed by atoms with van der Waals surface area (Å²) in [6.07, 6.45) is 0. The molecule has 0 aliphatic carbocycles. The van der Waals surface area contributed by atoms with Crippen molar-refractivity contribution < 1.29 is 0 Å². The number of rotatable bonds is 5. The van der Waals surface area contributed by atoms with E-state index in [4.69, 9.17) is 9.97 Å². The van der Waals surface area contributed by atoms with Gasteiger partial charge in [-0.15, -0.1) is 0 Å². The van der Waals surface area contributed by atoms with Gasteiger partial charge in [0.05, 0.1) is 22.2 Å². The minimum atomic E-state index is 0.712. The van der Waals surface area contributed by atoms with Crippen molar-refractivity contribution in [3.05, 3.63) is 174 Å². The van der Waals surface area contributed by atoms with E-state index in [2.05, 4.69) is 172 Å². The molecule has 0 saturated carbocycles. The molecule has 0 fully saturated rings. The maximum atomic E-state index is 5.18. The van der Waals surface area contributed by atoms with E-state index in [9.17, 15) is 0 Å². The Morgan fingerprint density at radius 1 is 0.417 bits per heavy atom. The fourth-order valence-corrected chi connectivity index (χ4v) is 7.08. The average Bonchev–Trinajstić information content (AvgIpc) is 3.48. The lowest BCUT2D eigenvalue weighted by Crippen LogP contribution is -1.96. The molecule has 7 aromatic carbocycles. The molecule has 2 aromatic heterocycles. The van der Waals surface area contributed by atoms with Gasteiger partial charge in [-0.05, 0) is 64.7 Å². The van der Waals surface area contributed by atoms with Crippen molar-refractivity contribution in [2.75, 3.05) is 0 Å². The summed E-state index contributed by atoms with van der Waals surface area (Å²) < 4.78 is 3.45. The highest BCUT2D eigenvalue weighted by Gasteiger charge is 2.18. The van der Waals surface area contributed by atoms with Crippen LogP contribution in [0.2, 0.25) is 0 Å². The number of halogens is 1. The zero-order valence-corrected chi connectivity index (χ0v) is 27.5. The predicted molar refractivity (Wildman–Crippen MR) is 203 cm³/mol. The van der Waals surface area contributed by atoms with Crippen molar-refractivity contribution in [1.29, 1.82) is 0 Å². The van der Waals surface area contributed by atoms with E-state index in [0.29, 0.717) is 5.82 Å². The highest BCUT2D eigenvalue weighted by molar-refractivity contribution is 9.10. The van der Waals surface area contributed by atoms with Crippen LogP contribution < -0.4 is 0 Å². The van der Waals surface area contributed by atoms with Crippen molar-refractivity contribution >= 4 is 48.6 Å². The van der Waals surface area contributed by atoms with Crippen LogP contribution >= 0.6 is 15.9 Å². The Morgan fingerprint density at radius 3 is 1.71 bits per heavy atom. The first-order valence-corrected chi connectivity index (χ1v) is 16.8. The molecular weight excluding hydrogens is 650 g/mol. The van der Waals surface area contributed by atoms with Crippen LogP contribution in [0, 0.1) is 0 Å². The van der Waals surface area contributed by atoms with Crippen molar-refractivity contribution in [3.8, 4) is 50.6 Å². The van der Waals surface area contributed by atoms with Crippen molar-refractivity contribution in [1.82, 2.24) is 14.5 Å². The van der Waals surface area contributed by atoms with Gasteiger partial charge in [0.1, 0.15) is 0 Å². The summed E-state index contributed by atoms with van der Waals surface area (Å²) >= 11 is 3.59. The second-order valence-corrected chi connectivity index (χ2v) is 12.9. The number of fused-ring (bicyclic) bond motifs is 4. The Bertz CT molecular complexity index is 2610. The maximum absolute atomic E-state index is 5.18. The van der Waals surface area contributed by atoms with Gasteiger partial charge in [-0.3, -0.25) is 0 Å². The molecular formula is C44H28BrN3. The van der Waals surface area contributed by atoms with Crippen LogP contribution in [-0.2, 0) is 0 Å². The number of nitrogens with zero attached hydrogens (tertiary/aromatic N) is 3. The monoisotopic (exact) mass is 677 g/mol. The van der Waals surface area contributed by atoms with Gasteiger partial charge in [0.25, 0.3) is 0 Å². The van der Waals surface area contributed by atoms with Crippen LogP contribution in [0.15, 0.2) is 174 Å². The fourth-order valence-electron chi connectivity index (χ4n) is 6.82. The molecule has 226 valence electrons. The fraction of sp³-hybridized carbons (Fsp3) is 0. The summed E-state index contributed by atoms with van der Waals surface area (Å²) in [6, 6.07) is 59.9. The molecule has 3 nitrogen and oxygen atoms in total. The molecule has 0 aliphatic heterocycles. The highest BCUT2D eigenvalue weighted by Crippen LogP contribution is 2.39. The van der Waals surface area contributed by atoms with Crippen molar-refractivity contribution in [2.45, 2.75) is 0 Å². The van der Waals surface area contributed by atoms with Crippen molar-refractivity contribution in [3.63, 3.8) is 0 Å². The number of benzene rings is 7. The molecule has 0 bridgehead atoms. The average molecular weight is 679 g/mol. The normalized spacial score (nSPS) is 11.4. The van der Waals surface area contributed by atoms with Gasteiger partial charge in [-0.2, -0.15) is 0 Å². The summed E-state index contributed by atoms with van der Waals surface area (Å²) in [5.41, 5.74) is 12.1. The lowest BCUT2D eigenvalue weighted by molar-refractivity contribution is 1.18. The first-order valence-electron chi connectivity index (χ1n) is 16.0. The molecule has 0 saturated heterocycles. The van der Waals surface area contributed by atoms with Crippen molar-refractivity contribution in [2.24, 2.45) is 0 Å². The molecule has 0 aliphatic rings. The number of hydrogen-bond acceptors (Lipinski definition) is 2. The van der Waals surface area contributed by atoms with Crippen LogP contribution in [0.1, 0.15) is 0 Å². The van der Waals surface area contributed by atoms with Crippen LogP contribution in [-0.4, -0.2) is 14.5 Å². The van der Waals surface area contributed by atoms with Gasteiger partial charge in [-0.25, -0.2) is 9.97 Å². The van der Waals surface area contributed by atoms with Crippen LogP contribution in [0.3, 0.4) is 0 Å². The van der Waals surface area contributed by atoms with Gasteiger partial charge in [0.15, 0.2) is 5.82 Å². The Balaban J connectivity index is 1.27. The molecule has 9 aromatic rings. The Morgan fingerprint density at radius 2 is 0.979 bits per heavy atom. The van der Waals surface area contributed by atoms with E-state index in [0.717, 1.165) is 48.9 Å². The third-order valence-electron chi connectivity index (χ3n) is 9.08. The molecule has 0 unspecified atom stereocenters. The van der Waals surface area contributed by atoms with E-state index < -0.39 is 0 Å². The van der Waals surface area contributed by atoms with E-state index >= 15 is 0 Å². The molecule has 4 heteroatoms. The molecule has 0 atom stereocenters. The predicted octanol–water partition coefficient (Wildman–Crippen LogP) is 12.2. The maximum Gasteiger partial charge on any atom is 0.160 e. The minimum absolute atomic E-state index is 0.712. The summed E-state index contributed by atoms with van der Waals surface area (Å²) in [4.78, 5) is 10.2. The van der Waals surface area contributed by atoms with Gasteiger partial charge < -0.3 is 4.57 Å². The topological polar surface area (TPSA) is 30.7 Å². The Kier molecular flexibility index (Phi) is 6.95. The van der Waals surface area contributed by atoms with Gasteiger partial charge >= 0.3 is 0 Å². The third-order valence-corrected chi connectivity index (χ3v) is 9.61. The van der Waals surface area contributed by atoms with E-state index in [-0.39, 0.29) is 0 Å². The van der Waals surface area contributed by atoms with Gasteiger partial charge in [0, 0.05) is 37.4 Å². The van der Waals surface area contributed by atoms with Crippen LogP contribution in [0.25, 0.3) is 83.3 Å². The number of para-hydroxylation sites is 2.